The van der Waals surface area contributed by atoms with Crippen molar-refractivity contribution in [1.82, 2.24) is 4.98 Å². The summed E-state index contributed by atoms with van der Waals surface area (Å²) in [6.45, 7) is 1.05. The van der Waals surface area contributed by atoms with Gasteiger partial charge in [-0.1, -0.05) is 0 Å². The van der Waals surface area contributed by atoms with E-state index in [4.69, 9.17) is 5.73 Å². The zero-order chi connectivity index (χ0) is 9.26. The number of nitrogens with two attached hydrogens (primary N) is 1. The fourth-order valence-electron chi connectivity index (χ4n) is 1.65. The average Bonchev–Trinajstić information content (AvgIpc) is 2.53. The van der Waals surface area contributed by atoms with Crippen molar-refractivity contribution >= 4 is 21.6 Å². The van der Waals surface area contributed by atoms with E-state index in [0.29, 0.717) is 0 Å². The zero-order valence-corrected chi connectivity index (χ0v) is 8.87. The standard InChI is InChI=1S/C9H12BrN3/c10-8-4-3-7(6-12-8)13-5-1-2-9(13)11/h3-4,6,9H,1-2,5,11H2. The quantitative estimate of drug-likeness (QED) is 0.762. The first-order chi connectivity index (χ1) is 6.27. The Kier molecular flexibility index (Phi) is 2.51. The molecular formula is C9H12BrN3. The van der Waals surface area contributed by atoms with E-state index in [-0.39, 0.29) is 6.17 Å². The van der Waals surface area contributed by atoms with Gasteiger partial charge in [-0.15, -0.1) is 0 Å². The molecule has 1 aliphatic heterocycles. The SMILES string of the molecule is NC1CCCN1c1ccc(Br)nc1. The minimum Gasteiger partial charge on any atom is -0.355 e. The van der Waals surface area contributed by atoms with Gasteiger partial charge in [0.25, 0.3) is 0 Å². The number of nitrogens with zero attached hydrogens (tertiary/aromatic N) is 2. The number of aromatic nitrogens is 1. The van der Waals surface area contributed by atoms with Crippen molar-refractivity contribution in [3.63, 3.8) is 0 Å². The van der Waals surface area contributed by atoms with Crippen LogP contribution < -0.4 is 10.6 Å². The van der Waals surface area contributed by atoms with Gasteiger partial charge >= 0.3 is 0 Å². The number of pyridine rings is 1. The Balaban J connectivity index is 2.20. The molecule has 2 rings (SSSR count). The molecular weight excluding hydrogens is 230 g/mol. The molecule has 1 fully saturated rings. The smallest absolute Gasteiger partial charge is 0.106 e. The van der Waals surface area contributed by atoms with Gasteiger partial charge in [0.2, 0.25) is 0 Å². The van der Waals surface area contributed by atoms with Crippen molar-refractivity contribution in [3.8, 4) is 0 Å². The largest absolute Gasteiger partial charge is 0.355 e. The highest BCUT2D eigenvalue weighted by molar-refractivity contribution is 9.10. The topological polar surface area (TPSA) is 42.1 Å². The lowest BCUT2D eigenvalue weighted by Gasteiger charge is -2.22. The summed E-state index contributed by atoms with van der Waals surface area (Å²) in [5, 5.41) is 0. The monoisotopic (exact) mass is 241 g/mol. The predicted molar refractivity (Wildman–Crippen MR) is 56.5 cm³/mol. The highest BCUT2D eigenvalue weighted by atomic mass is 79.9. The summed E-state index contributed by atoms with van der Waals surface area (Å²) in [7, 11) is 0. The van der Waals surface area contributed by atoms with Crippen molar-refractivity contribution < 1.29 is 0 Å². The number of rotatable bonds is 1. The van der Waals surface area contributed by atoms with Crippen LogP contribution in [0.2, 0.25) is 0 Å². The fourth-order valence-corrected chi connectivity index (χ4v) is 1.89. The lowest BCUT2D eigenvalue weighted by Crippen LogP contribution is -2.36. The second-order valence-corrected chi connectivity index (χ2v) is 4.05. The average molecular weight is 242 g/mol. The Labute approximate surface area is 86.1 Å². The van der Waals surface area contributed by atoms with Crippen molar-refractivity contribution in [2.24, 2.45) is 5.73 Å². The molecule has 0 aliphatic carbocycles. The van der Waals surface area contributed by atoms with Crippen molar-refractivity contribution in [2.75, 3.05) is 11.4 Å². The Morgan fingerprint density at radius 1 is 1.54 bits per heavy atom. The van der Waals surface area contributed by atoms with Crippen LogP contribution in [-0.4, -0.2) is 17.7 Å². The molecule has 1 aliphatic rings. The van der Waals surface area contributed by atoms with Crippen molar-refractivity contribution in [3.05, 3.63) is 22.9 Å². The van der Waals surface area contributed by atoms with Gasteiger partial charge in [-0.2, -0.15) is 0 Å². The maximum absolute atomic E-state index is 5.94. The van der Waals surface area contributed by atoms with E-state index in [9.17, 15) is 0 Å². The van der Waals surface area contributed by atoms with E-state index >= 15 is 0 Å². The van der Waals surface area contributed by atoms with Crippen LogP contribution in [0.1, 0.15) is 12.8 Å². The zero-order valence-electron chi connectivity index (χ0n) is 7.28. The Bertz CT molecular complexity index is 285. The summed E-state index contributed by atoms with van der Waals surface area (Å²) in [5.41, 5.74) is 7.05. The third-order valence-corrected chi connectivity index (χ3v) is 2.81. The van der Waals surface area contributed by atoms with Gasteiger partial charge < -0.3 is 10.6 Å². The van der Waals surface area contributed by atoms with E-state index in [0.717, 1.165) is 23.3 Å². The molecule has 0 saturated carbocycles. The normalized spacial score (nSPS) is 22.3. The lowest BCUT2D eigenvalue weighted by molar-refractivity contribution is 0.700. The molecule has 1 aromatic heterocycles. The molecule has 1 unspecified atom stereocenters. The van der Waals surface area contributed by atoms with Gasteiger partial charge in [-0.25, -0.2) is 4.98 Å². The summed E-state index contributed by atoms with van der Waals surface area (Å²) in [5.74, 6) is 0. The maximum atomic E-state index is 5.94. The Morgan fingerprint density at radius 2 is 2.38 bits per heavy atom. The van der Waals surface area contributed by atoms with Crippen LogP contribution in [-0.2, 0) is 0 Å². The van der Waals surface area contributed by atoms with Crippen LogP contribution in [0.4, 0.5) is 5.69 Å². The minimum absolute atomic E-state index is 0.169. The van der Waals surface area contributed by atoms with E-state index in [1.54, 1.807) is 0 Å². The summed E-state index contributed by atoms with van der Waals surface area (Å²) in [4.78, 5) is 6.37. The highest BCUT2D eigenvalue weighted by Crippen LogP contribution is 2.22. The number of hydrogen-bond acceptors (Lipinski definition) is 3. The fraction of sp³-hybridized carbons (Fsp3) is 0.444. The lowest BCUT2D eigenvalue weighted by atomic mass is 10.3. The van der Waals surface area contributed by atoms with Crippen molar-refractivity contribution in [2.45, 2.75) is 19.0 Å². The molecule has 0 amide bonds. The first-order valence-electron chi connectivity index (χ1n) is 4.41. The van der Waals surface area contributed by atoms with Gasteiger partial charge in [-0.05, 0) is 40.9 Å². The Hall–Kier alpha value is -0.610. The van der Waals surface area contributed by atoms with Crippen LogP contribution >= 0.6 is 15.9 Å². The summed E-state index contributed by atoms with van der Waals surface area (Å²) < 4.78 is 0.865. The van der Waals surface area contributed by atoms with Crippen molar-refractivity contribution in [1.29, 1.82) is 0 Å². The molecule has 1 aromatic rings. The molecule has 0 radical (unpaired) electrons. The molecule has 1 saturated heterocycles. The molecule has 0 bridgehead atoms. The third-order valence-electron chi connectivity index (χ3n) is 2.34. The van der Waals surface area contributed by atoms with Crippen LogP contribution in [0.3, 0.4) is 0 Å². The number of halogens is 1. The van der Waals surface area contributed by atoms with Crippen LogP contribution in [0, 0.1) is 0 Å². The van der Waals surface area contributed by atoms with Crippen LogP contribution in [0.15, 0.2) is 22.9 Å². The van der Waals surface area contributed by atoms with E-state index in [1.807, 2.05) is 18.3 Å². The summed E-state index contributed by atoms with van der Waals surface area (Å²) >= 11 is 3.31. The van der Waals surface area contributed by atoms with Gasteiger partial charge in [0, 0.05) is 6.54 Å². The van der Waals surface area contributed by atoms with Gasteiger partial charge in [0.05, 0.1) is 18.1 Å². The highest BCUT2D eigenvalue weighted by Gasteiger charge is 2.20. The molecule has 1 atom stereocenters. The van der Waals surface area contributed by atoms with Gasteiger partial charge in [0.15, 0.2) is 0 Å². The predicted octanol–water partition coefficient (Wildman–Crippen LogP) is 1.73. The minimum atomic E-state index is 0.169. The molecule has 0 aromatic carbocycles. The second-order valence-electron chi connectivity index (χ2n) is 3.24. The van der Waals surface area contributed by atoms with E-state index in [1.165, 1.54) is 6.42 Å². The molecule has 2 heterocycles. The number of hydrogen-bond donors (Lipinski definition) is 1. The molecule has 3 nitrogen and oxygen atoms in total. The molecule has 4 heteroatoms. The van der Waals surface area contributed by atoms with Crippen LogP contribution in [0.5, 0.6) is 0 Å². The molecule has 2 N–H and O–H groups in total. The van der Waals surface area contributed by atoms with E-state index in [2.05, 4.69) is 25.8 Å². The third kappa shape index (κ3) is 1.84. The summed E-state index contributed by atoms with van der Waals surface area (Å²) in [6.07, 6.45) is 4.28. The maximum Gasteiger partial charge on any atom is 0.106 e. The van der Waals surface area contributed by atoms with Crippen LogP contribution in [0.25, 0.3) is 0 Å². The van der Waals surface area contributed by atoms with E-state index < -0.39 is 0 Å². The first kappa shape index (κ1) is 8.97. The molecule has 13 heavy (non-hydrogen) atoms. The molecule has 70 valence electrons. The second kappa shape index (κ2) is 3.64. The molecule has 0 spiro atoms. The van der Waals surface area contributed by atoms with Gasteiger partial charge in [0.1, 0.15) is 4.60 Å². The first-order valence-corrected chi connectivity index (χ1v) is 5.20. The summed E-state index contributed by atoms with van der Waals surface area (Å²) in [6, 6.07) is 3.99. The Morgan fingerprint density at radius 3 is 2.92 bits per heavy atom. The van der Waals surface area contributed by atoms with Gasteiger partial charge in [-0.3, -0.25) is 0 Å². The number of anilines is 1.